The predicted octanol–water partition coefficient (Wildman–Crippen LogP) is 4.71. The molecule has 3 aliphatic rings. The molecule has 2 unspecified atom stereocenters. The van der Waals surface area contributed by atoms with Crippen LogP contribution in [0, 0.1) is 5.82 Å². The highest BCUT2D eigenvalue weighted by Crippen LogP contribution is 2.57. The zero-order valence-corrected chi connectivity index (χ0v) is 24.0. The Morgan fingerprint density at radius 2 is 2.12 bits per heavy atom. The number of hydrogen-bond donors (Lipinski definition) is 3. The maximum atomic E-state index is 15.0. The van der Waals surface area contributed by atoms with Crippen LogP contribution in [-0.4, -0.2) is 58.7 Å². The number of aliphatic hydroxyl groups is 1. The summed E-state index contributed by atoms with van der Waals surface area (Å²) in [5, 5.41) is 22.9. The Bertz CT molecular complexity index is 1700. The molecule has 3 atom stereocenters. The lowest BCUT2D eigenvalue weighted by Crippen LogP contribution is -2.40. The number of nitrogens with zero attached hydrogens (tertiary/aromatic N) is 5. The van der Waals surface area contributed by atoms with Gasteiger partial charge in [-0.15, -0.1) is 6.58 Å². The van der Waals surface area contributed by atoms with Gasteiger partial charge in [0.2, 0.25) is 5.95 Å². The Morgan fingerprint density at radius 1 is 1.27 bits per heavy atom. The lowest BCUT2D eigenvalue weighted by atomic mass is 9.89. The first-order valence-corrected chi connectivity index (χ1v) is 15.0. The van der Waals surface area contributed by atoms with Gasteiger partial charge < -0.3 is 20.6 Å². The largest absolute Gasteiger partial charge is 0.389 e. The number of allylic oxidation sites excluding steroid dienone is 1. The molecule has 208 valence electrons. The fraction of sp³-hybridized carbons (Fsp3) is 0.323. The molecule has 2 saturated heterocycles. The molecule has 41 heavy (non-hydrogen) atoms. The van der Waals surface area contributed by atoms with Crippen LogP contribution in [0.4, 0.5) is 27.5 Å². The molecule has 0 bridgehead atoms. The molecule has 2 aliphatic heterocycles. The van der Waals surface area contributed by atoms with E-state index < -0.39 is 5.60 Å². The van der Waals surface area contributed by atoms with E-state index in [0.29, 0.717) is 50.8 Å². The van der Waals surface area contributed by atoms with E-state index in [2.05, 4.69) is 57.0 Å². The molecule has 1 spiro atoms. The van der Waals surface area contributed by atoms with Gasteiger partial charge in [0.1, 0.15) is 5.82 Å². The Labute approximate surface area is 240 Å². The van der Waals surface area contributed by atoms with Crippen molar-refractivity contribution in [2.45, 2.75) is 49.0 Å². The van der Waals surface area contributed by atoms with Crippen molar-refractivity contribution < 1.29 is 9.50 Å². The molecule has 0 amide bonds. The number of aromatic nitrogens is 4. The summed E-state index contributed by atoms with van der Waals surface area (Å²) in [5.41, 5.74) is 4.91. The molecule has 2 fully saturated rings. The second-order valence-corrected chi connectivity index (χ2v) is 13.1. The Balaban J connectivity index is 1.23. The number of halogens is 1. The predicted molar refractivity (Wildman–Crippen MR) is 161 cm³/mol. The van der Waals surface area contributed by atoms with Crippen molar-refractivity contribution >= 4 is 43.6 Å². The highest BCUT2D eigenvalue weighted by Gasteiger charge is 2.69. The minimum Gasteiger partial charge on any atom is -0.389 e. The van der Waals surface area contributed by atoms with Gasteiger partial charge in [0.15, 0.2) is 5.82 Å². The highest BCUT2D eigenvalue weighted by atomic mass is 28.2. The van der Waals surface area contributed by atoms with Crippen LogP contribution >= 0.6 is 0 Å². The van der Waals surface area contributed by atoms with Gasteiger partial charge in [-0.1, -0.05) is 42.5 Å². The second-order valence-electron chi connectivity index (χ2n) is 11.5. The van der Waals surface area contributed by atoms with Gasteiger partial charge in [0.05, 0.1) is 50.6 Å². The van der Waals surface area contributed by atoms with Gasteiger partial charge >= 0.3 is 0 Å². The summed E-state index contributed by atoms with van der Waals surface area (Å²) in [4.78, 5) is 11.8. The highest BCUT2D eigenvalue weighted by molar-refractivity contribution is 6.59. The molecule has 2 aromatic carbocycles. The number of piperidine rings is 1. The number of nitrogens with one attached hydrogen (secondary N) is 2. The standard InChI is InChI=1S/C31H32FN7OSi/c1-4-11-39-25-14-21(13-24(32)22(25)16-34-39)35-29-33-17-26(38-12-7-8-19(2)18-38)27(37-29)36-28-31(41-28)23-10-6-5-9-20(23)15-30(31,3)40/h4-6,9-10,13-14,16-17,28,40H,1-2,7-8,11-12,15,18H2,3H3,(H2,33,35,36,37)/t28?,30-,31?/m1/s1. The van der Waals surface area contributed by atoms with Gasteiger partial charge in [-0.2, -0.15) is 10.1 Å². The van der Waals surface area contributed by atoms with E-state index in [0.717, 1.165) is 31.6 Å². The van der Waals surface area contributed by atoms with Crippen LogP contribution in [0.1, 0.15) is 30.9 Å². The fourth-order valence-electron chi connectivity index (χ4n) is 6.56. The summed E-state index contributed by atoms with van der Waals surface area (Å²) < 4.78 is 16.7. The molecule has 2 aromatic heterocycles. The van der Waals surface area contributed by atoms with Gasteiger partial charge in [-0.3, -0.25) is 4.68 Å². The SMILES string of the molecule is C=CCn1ncc2c(F)cc(Nc3ncc(N4CCCC(=C)C4)c(NC4[Si]C45c4ccccc4C[C@@]5(C)O)n3)cc21. The van der Waals surface area contributed by atoms with Gasteiger partial charge in [-0.05, 0) is 43.0 Å². The lowest BCUT2D eigenvalue weighted by Gasteiger charge is -2.32. The van der Waals surface area contributed by atoms with E-state index in [1.54, 1.807) is 10.8 Å². The first-order valence-electron chi connectivity index (χ1n) is 14.0. The summed E-state index contributed by atoms with van der Waals surface area (Å²) in [6, 6.07) is 11.6. The maximum Gasteiger partial charge on any atom is 0.229 e. The molecule has 0 saturated carbocycles. The fourth-order valence-corrected chi connectivity index (χ4v) is 8.47. The Hall–Kier alpha value is -4.02. The van der Waals surface area contributed by atoms with E-state index in [4.69, 9.17) is 4.98 Å². The number of benzene rings is 2. The van der Waals surface area contributed by atoms with Crippen molar-refractivity contribution in [3.63, 3.8) is 0 Å². The lowest BCUT2D eigenvalue weighted by molar-refractivity contribution is 0.0406. The van der Waals surface area contributed by atoms with Crippen molar-refractivity contribution in [1.82, 2.24) is 19.7 Å². The Kier molecular flexibility index (Phi) is 6.02. The molecule has 7 rings (SSSR count). The minimum atomic E-state index is -0.845. The van der Waals surface area contributed by atoms with E-state index >= 15 is 0 Å². The molecule has 4 aromatic rings. The number of rotatable bonds is 7. The van der Waals surface area contributed by atoms with Crippen molar-refractivity contribution in [1.29, 1.82) is 0 Å². The smallest absolute Gasteiger partial charge is 0.229 e. The van der Waals surface area contributed by atoms with Crippen LogP contribution in [0.2, 0.25) is 0 Å². The van der Waals surface area contributed by atoms with Crippen molar-refractivity contribution in [3.8, 4) is 0 Å². The quantitative estimate of drug-likeness (QED) is 0.221. The van der Waals surface area contributed by atoms with Crippen molar-refractivity contribution in [2.24, 2.45) is 0 Å². The molecular formula is C31H32FN7OSi. The number of hydrogen-bond acceptors (Lipinski definition) is 7. The number of anilines is 4. The average molecular weight is 566 g/mol. The van der Waals surface area contributed by atoms with Crippen molar-refractivity contribution in [3.05, 3.63) is 90.5 Å². The zero-order chi connectivity index (χ0) is 28.4. The first kappa shape index (κ1) is 25.9. The molecule has 4 heterocycles. The van der Waals surface area contributed by atoms with Gasteiger partial charge in [0.25, 0.3) is 0 Å². The summed E-state index contributed by atoms with van der Waals surface area (Å²) in [6.45, 7) is 12.1. The maximum absolute atomic E-state index is 15.0. The van der Waals surface area contributed by atoms with Crippen LogP contribution in [0.3, 0.4) is 0 Å². The van der Waals surface area contributed by atoms with Crippen LogP contribution in [0.25, 0.3) is 10.9 Å². The topological polar surface area (TPSA) is 91.1 Å². The average Bonchev–Trinajstić information content (AvgIpc) is 3.45. The Morgan fingerprint density at radius 3 is 2.95 bits per heavy atom. The molecule has 2 radical (unpaired) electrons. The summed E-state index contributed by atoms with van der Waals surface area (Å²) in [6.07, 6.45) is 7.76. The molecule has 8 nitrogen and oxygen atoms in total. The zero-order valence-electron chi connectivity index (χ0n) is 23.0. The van der Waals surface area contributed by atoms with Crippen LogP contribution in [0.15, 0.2) is 73.6 Å². The van der Waals surface area contributed by atoms with E-state index in [1.807, 2.05) is 25.3 Å². The third-order valence-corrected chi connectivity index (χ3v) is 10.7. The first-order chi connectivity index (χ1) is 19.8. The van der Waals surface area contributed by atoms with Crippen LogP contribution in [-0.2, 0) is 18.0 Å². The van der Waals surface area contributed by atoms with E-state index in [9.17, 15) is 9.50 Å². The monoisotopic (exact) mass is 565 g/mol. The third kappa shape index (κ3) is 4.24. The third-order valence-electron chi connectivity index (χ3n) is 8.58. The number of fused-ring (bicyclic) bond motifs is 3. The minimum absolute atomic E-state index is 0.0395. The molecule has 10 heteroatoms. The summed E-state index contributed by atoms with van der Waals surface area (Å²) in [5.74, 6) is 0.688. The van der Waals surface area contributed by atoms with Crippen LogP contribution in [0.5, 0.6) is 0 Å². The molecule has 1 aliphatic carbocycles. The molecular weight excluding hydrogens is 533 g/mol. The van der Waals surface area contributed by atoms with Crippen LogP contribution < -0.4 is 15.5 Å². The second kappa shape index (κ2) is 9.52. The van der Waals surface area contributed by atoms with E-state index in [1.165, 1.54) is 29.0 Å². The molecule has 3 N–H and O–H groups in total. The summed E-state index contributed by atoms with van der Waals surface area (Å²) >= 11 is 0. The summed E-state index contributed by atoms with van der Waals surface area (Å²) in [7, 11) is 0.507. The van der Waals surface area contributed by atoms with E-state index in [-0.39, 0.29) is 16.5 Å². The van der Waals surface area contributed by atoms with Gasteiger partial charge in [-0.25, -0.2) is 9.37 Å². The van der Waals surface area contributed by atoms with Crippen molar-refractivity contribution in [2.75, 3.05) is 28.6 Å². The van der Waals surface area contributed by atoms with Gasteiger partial charge in [0, 0.05) is 35.9 Å². The normalized spacial score (nSPS) is 25.0.